The molecule has 0 atom stereocenters. The molecule has 0 heterocycles. The summed E-state index contributed by atoms with van der Waals surface area (Å²) in [4.78, 5) is 11.5. The molecule has 0 N–H and O–H groups in total. The lowest BCUT2D eigenvalue weighted by Gasteiger charge is -2.04. The largest absolute Gasteiger partial charge is 0.374 e. The number of rotatable bonds is 5. The van der Waals surface area contributed by atoms with Crippen LogP contribution < -0.4 is 0 Å². The number of benzene rings is 1. The van der Waals surface area contributed by atoms with Crippen LogP contribution in [0.3, 0.4) is 0 Å². The fourth-order valence-corrected chi connectivity index (χ4v) is 2.23. The molecular weight excluding hydrogens is 200 g/mol. The van der Waals surface area contributed by atoms with Gasteiger partial charge in [-0.05, 0) is 42.9 Å². The molecule has 0 bridgehead atoms. The van der Waals surface area contributed by atoms with Crippen molar-refractivity contribution in [2.75, 3.05) is 13.2 Å². The summed E-state index contributed by atoms with van der Waals surface area (Å²) in [7, 11) is 0. The molecule has 0 fully saturated rings. The second-order valence-corrected chi connectivity index (χ2v) is 4.31. The minimum Gasteiger partial charge on any atom is -0.374 e. The van der Waals surface area contributed by atoms with Crippen molar-refractivity contribution in [3.8, 4) is 0 Å². The fraction of sp³-hybridized carbons (Fsp3) is 0.500. The van der Waals surface area contributed by atoms with E-state index in [0.717, 1.165) is 5.56 Å². The van der Waals surface area contributed by atoms with Crippen molar-refractivity contribution in [1.29, 1.82) is 0 Å². The maximum Gasteiger partial charge on any atom is 0.162 e. The van der Waals surface area contributed by atoms with Gasteiger partial charge in [-0.15, -0.1) is 0 Å². The van der Waals surface area contributed by atoms with Crippen molar-refractivity contribution < 1.29 is 9.53 Å². The Balaban J connectivity index is 1.97. The number of Topliss-reactive ketones (excluding diaryl/α,β-unsaturated/α-hetero) is 1. The molecule has 0 spiro atoms. The van der Waals surface area contributed by atoms with E-state index in [9.17, 15) is 4.79 Å². The molecule has 0 amide bonds. The van der Waals surface area contributed by atoms with Crippen LogP contribution >= 0.6 is 0 Å². The second-order valence-electron chi connectivity index (χ2n) is 4.31. The van der Waals surface area contributed by atoms with Gasteiger partial charge < -0.3 is 4.74 Å². The Labute approximate surface area is 96.6 Å². The summed E-state index contributed by atoms with van der Waals surface area (Å²) >= 11 is 0. The molecule has 1 aliphatic rings. The third-order valence-electron chi connectivity index (χ3n) is 3.03. The molecule has 16 heavy (non-hydrogen) atoms. The van der Waals surface area contributed by atoms with Crippen LogP contribution in [0.1, 0.15) is 30.0 Å². The standard InChI is InChI=1S/C14H18O2/c1-2-16-10-14(15)9-11-6-7-12-4-3-5-13(12)8-11/h6-8H,2-5,9-10H2,1H3. The van der Waals surface area contributed by atoms with Gasteiger partial charge in [-0.1, -0.05) is 18.2 Å². The number of ketones is 1. The Hall–Kier alpha value is -1.15. The van der Waals surface area contributed by atoms with Gasteiger partial charge in [0.25, 0.3) is 0 Å². The summed E-state index contributed by atoms with van der Waals surface area (Å²) in [5.41, 5.74) is 4.02. The van der Waals surface area contributed by atoms with Gasteiger partial charge in [0.1, 0.15) is 6.61 Å². The maximum atomic E-state index is 11.5. The molecule has 0 aliphatic heterocycles. The number of fused-ring (bicyclic) bond motifs is 1. The molecule has 2 nitrogen and oxygen atoms in total. The third-order valence-corrected chi connectivity index (χ3v) is 3.03. The first-order valence-electron chi connectivity index (χ1n) is 5.99. The van der Waals surface area contributed by atoms with E-state index in [1.807, 2.05) is 6.92 Å². The number of carbonyl (C=O) groups excluding carboxylic acids is 1. The van der Waals surface area contributed by atoms with Gasteiger partial charge in [0.15, 0.2) is 5.78 Å². The lowest BCUT2D eigenvalue weighted by atomic mass is 10.0. The lowest BCUT2D eigenvalue weighted by molar-refractivity contribution is -0.122. The van der Waals surface area contributed by atoms with E-state index in [0.29, 0.717) is 13.0 Å². The smallest absolute Gasteiger partial charge is 0.162 e. The summed E-state index contributed by atoms with van der Waals surface area (Å²) in [6.45, 7) is 2.76. The Morgan fingerprint density at radius 1 is 1.31 bits per heavy atom. The van der Waals surface area contributed by atoms with E-state index in [2.05, 4.69) is 18.2 Å². The van der Waals surface area contributed by atoms with E-state index < -0.39 is 0 Å². The first kappa shape index (κ1) is 11.3. The molecule has 0 saturated heterocycles. The van der Waals surface area contributed by atoms with E-state index in [1.165, 1.54) is 30.4 Å². The number of hydrogen-bond donors (Lipinski definition) is 0. The zero-order valence-corrected chi connectivity index (χ0v) is 9.79. The first-order chi connectivity index (χ1) is 7.79. The molecule has 1 aromatic carbocycles. The molecule has 1 aliphatic carbocycles. The van der Waals surface area contributed by atoms with E-state index in [-0.39, 0.29) is 12.4 Å². The fourth-order valence-electron chi connectivity index (χ4n) is 2.23. The number of hydrogen-bond acceptors (Lipinski definition) is 2. The van der Waals surface area contributed by atoms with Crippen molar-refractivity contribution in [2.45, 2.75) is 32.6 Å². The summed E-state index contributed by atoms with van der Waals surface area (Å²) in [5, 5.41) is 0. The van der Waals surface area contributed by atoms with Gasteiger partial charge in [-0.3, -0.25) is 4.79 Å². The summed E-state index contributed by atoms with van der Waals surface area (Å²) < 4.78 is 5.11. The molecule has 86 valence electrons. The predicted molar refractivity (Wildman–Crippen MR) is 63.7 cm³/mol. The summed E-state index contributed by atoms with van der Waals surface area (Å²) in [5.74, 6) is 0.166. The van der Waals surface area contributed by atoms with Gasteiger partial charge in [0.05, 0.1) is 0 Å². The van der Waals surface area contributed by atoms with Crippen LogP contribution in [0.15, 0.2) is 18.2 Å². The van der Waals surface area contributed by atoms with Crippen molar-refractivity contribution in [1.82, 2.24) is 0 Å². The van der Waals surface area contributed by atoms with Crippen molar-refractivity contribution in [2.24, 2.45) is 0 Å². The molecule has 0 aromatic heterocycles. The summed E-state index contributed by atoms with van der Waals surface area (Å²) in [6.07, 6.45) is 4.13. The van der Waals surface area contributed by atoms with Crippen molar-refractivity contribution in [3.05, 3.63) is 34.9 Å². The Bertz CT molecular complexity index is 382. The topological polar surface area (TPSA) is 26.3 Å². The number of ether oxygens (including phenoxy) is 1. The Morgan fingerprint density at radius 2 is 2.12 bits per heavy atom. The molecule has 2 heteroatoms. The van der Waals surface area contributed by atoms with Crippen LogP contribution in [0.25, 0.3) is 0 Å². The Morgan fingerprint density at radius 3 is 2.94 bits per heavy atom. The van der Waals surface area contributed by atoms with Gasteiger partial charge in [-0.25, -0.2) is 0 Å². The average molecular weight is 218 g/mol. The maximum absolute atomic E-state index is 11.5. The van der Waals surface area contributed by atoms with Gasteiger partial charge in [0, 0.05) is 13.0 Å². The van der Waals surface area contributed by atoms with Crippen LogP contribution in [0, 0.1) is 0 Å². The number of carbonyl (C=O) groups is 1. The van der Waals surface area contributed by atoms with Crippen LogP contribution in [0.5, 0.6) is 0 Å². The predicted octanol–water partition coefficient (Wildman–Crippen LogP) is 2.32. The molecule has 0 unspecified atom stereocenters. The number of aryl methyl sites for hydroxylation is 2. The Kier molecular flexibility index (Phi) is 3.73. The highest BCUT2D eigenvalue weighted by molar-refractivity contribution is 5.82. The van der Waals surface area contributed by atoms with E-state index in [4.69, 9.17) is 4.74 Å². The summed E-state index contributed by atoms with van der Waals surface area (Å²) in [6, 6.07) is 6.44. The lowest BCUT2D eigenvalue weighted by Crippen LogP contribution is -2.11. The molecular formula is C14H18O2. The molecule has 0 radical (unpaired) electrons. The highest BCUT2D eigenvalue weighted by atomic mass is 16.5. The van der Waals surface area contributed by atoms with Crippen LogP contribution in [-0.4, -0.2) is 19.0 Å². The monoisotopic (exact) mass is 218 g/mol. The van der Waals surface area contributed by atoms with Crippen LogP contribution in [0.4, 0.5) is 0 Å². The quantitative estimate of drug-likeness (QED) is 0.758. The highest BCUT2D eigenvalue weighted by Gasteiger charge is 2.12. The van der Waals surface area contributed by atoms with Crippen LogP contribution in [-0.2, 0) is 28.8 Å². The molecule has 2 rings (SSSR count). The van der Waals surface area contributed by atoms with Crippen LogP contribution in [0.2, 0.25) is 0 Å². The van der Waals surface area contributed by atoms with Gasteiger partial charge in [-0.2, -0.15) is 0 Å². The van der Waals surface area contributed by atoms with Gasteiger partial charge in [0.2, 0.25) is 0 Å². The van der Waals surface area contributed by atoms with E-state index in [1.54, 1.807) is 0 Å². The SMILES string of the molecule is CCOCC(=O)Cc1ccc2c(c1)CCC2. The van der Waals surface area contributed by atoms with Crippen molar-refractivity contribution >= 4 is 5.78 Å². The zero-order valence-electron chi connectivity index (χ0n) is 9.79. The third kappa shape index (κ3) is 2.70. The van der Waals surface area contributed by atoms with Crippen molar-refractivity contribution in [3.63, 3.8) is 0 Å². The average Bonchev–Trinajstić information content (AvgIpc) is 2.73. The highest BCUT2D eigenvalue weighted by Crippen LogP contribution is 2.22. The normalized spacial score (nSPS) is 13.8. The first-order valence-corrected chi connectivity index (χ1v) is 5.99. The van der Waals surface area contributed by atoms with Gasteiger partial charge >= 0.3 is 0 Å². The second kappa shape index (κ2) is 5.26. The minimum absolute atomic E-state index is 0.166. The molecule has 1 aromatic rings. The molecule has 0 saturated carbocycles. The minimum atomic E-state index is 0.166. The zero-order chi connectivity index (χ0) is 11.4. The van der Waals surface area contributed by atoms with E-state index >= 15 is 0 Å².